The van der Waals surface area contributed by atoms with E-state index in [4.69, 9.17) is 27.9 Å². The quantitative estimate of drug-likeness (QED) is 0.569. The van der Waals surface area contributed by atoms with Gasteiger partial charge in [-0.1, -0.05) is 29.3 Å². The summed E-state index contributed by atoms with van der Waals surface area (Å²) in [7, 11) is 1.56. The van der Waals surface area contributed by atoms with Gasteiger partial charge in [-0.05, 0) is 50.6 Å². The maximum Gasteiger partial charge on any atom is 0.262 e. The van der Waals surface area contributed by atoms with Crippen molar-refractivity contribution >= 4 is 35.2 Å². The van der Waals surface area contributed by atoms with Crippen molar-refractivity contribution in [2.45, 2.75) is 26.8 Å². The Morgan fingerprint density at radius 2 is 2.11 bits per heavy atom. The molecule has 142 valence electrons. The summed E-state index contributed by atoms with van der Waals surface area (Å²) in [6.45, 7) is 6.00. The van der Waals surface area contributed by atoms with Crippen molar-refractivity contribution in [3.05, 3.63) is 56.8 Å². The molecule has 27 heavy (non-hydrogen) atoms. The van der Waals surface area contributed by atoms with Crippen LogP contribution in [-0.2, 0) is 9.53 Å². The molecular formula is C20H21Cl2N3O2. The van der Waals surface area contributed by atoms with Gasteiger partial charge in [-0.2, -0.15) is 5.26 Å². The van der Waals surface area contributed by atoms with E-state index in [0.29, 0.717) is 16.7 Å². The number of aromatic nitrogens is 1. The zero-order chi connectivity index (χ0) is 20.1. The molecule has 5 nitrogen and oxygen atoms in total. The third-order valence-electron chi connectivity index (χ3n) is 4.10. The van der Waals surface area contributed by atoms with Crippen LogP contribution >= 0.6 is 23.2 Å². The van der Waals surface area contributed by atoms with Crippen LogP contribution in [0.4, 0.5) is 0 Å². The molecule has 0 radical (unpaired) electrons. The van der Waals surface area contributed by atoms with Gasteiger partial charge >= 0.3 is 0 Å². The fourth-order valence-corrected chi connectivity index (χ4v) is 3.25. The van der Waals surface area contributed by atoms with Crippen LogP contribution in [0.1, 0.15) is 23.9 Å². The molecule has 0 saturated heterocycles. The van der Waals surface area contributed by atoms with Crippen LogP contribution in [0.15, 0.2) is 29.8 Å². The van der Waals surface area contributed by atoms with E-state index in [0.717, 1.165) is 22.6 Å². The highest BCUT2D eigenvalue weighted by molar-refractivity contribution is 6.43. The van der Waals surface area contributed by atoms with Crippen molar-refractivity contribution in [2.75, 3.05) is 13.7 Å². The molecule has 0 aliphatic heterocycles. The number of aryl methyl sites for hydroxylation is 1. The van der Waals surface area contributed by atoms with E-state index >= 15 is 0 Å². The van der Waals surface area contributed by atoms with E-state index in [-0.39, 0.29) is 11.6 Å². The third kappa shape index (κ3) is 4.72. The molecule has 2 aromatic rings. The lowest BCUT2D eigenvalue weighted by Gasteiger charge is -2.13. The SMILES string of the molecule is COC[C@H](C)NC(=O)/C(C#N)=C/c1cc(C)n(-c2cccc(Cl)c2Cl)c1C. The van der Waals surface area contributed by atoms with Gasteiger partial charge in [-0.3, -0.25) is 4.79 Å². The highest BCUT2D eigenvalue weighted by atomic mass is 35.5. The number of benzene rings is 1. The second-order valence-electron chi connectivity index (χ2n) is 6.23. The number of nitriles is 1. The maximum absolute atomic E-state index is 12.3. The standard InChI is InChI=1S/C20H21Cl2N3O2/c1-12(11-27-4)24-20(26)16(10-23)9-15-8-13(2)25(14(15)3)18-7-5-6-17(21)19(18)22/h5-9,12H,11H2,1-4H3,(H,24,26)/b16-9+/t12-/m0/s1. The van der Waals surface area contributed by atoms with Crippen LogP contribution < -0.4 is 5.32 Å². The summed E-state index contributed by atoms with van der Waals surface area (Å²) in [6.07, 6.45) is 1.58. The molecule has 1 heterocycles. The summed E-state index contributed by atoms with van der Waals surface area (Å²) in [5, 5.41) is 13.1. The number of rotatable bonds is 6. The van der Waals surface area contributed by atoms with Crippen LogP contribution in [0.25, 0.3) is 11.8 Å². The fraction of sp³-hybridized carbons (Fsp3) is 0.300. The van der Waals surface area contributed by atoms with E-state index in [1.807, 2.05) is 49.6 Å². The van der Waals surface area contributed by atoms with Gasteiger partial charge in [-0.25, -0.2) is 0 Å². The molecule has 2 rings (SSSR count). The second-order valence-corrected chi connectivity index (χ2v) is 7.02. The summed E-state index contributed by atoms with van der Waals surface area (Å²) in [4.78, 5) is 12.3. The normalized spacial score (nSPS) is 12.6. The largest absolute Gasteiger partial charge is 0.383 e. The monoisotopic (exact) mass is 405 g/mol. The molecule has 0 aliphatic carbocycles. The highest BCUT2D eigenvalue weighted by Gasteiger charge is 2.17. The molecule has 0 saturated carbocycles. The molecule has 0 spiro atoms. The van der Waals surface area contributed by atoms with Gasteiger partial charge in [0.05, 0.1) is 22.3 Å². The molecule has 1 N–H and O–H groups in total. The van der Waals surface area contributed by atoms with Crippen LogP contribution in [-0.4, -0.2) is 30.2 Å². The Morgan fingerprint density at radius 3 is 2.74 bits per heavy atom. The Kier molecular flexibility index (Phi) is 7.09. The average Bonchev–Trinajstić information content (AvgIpc) is 2.89. The van der Waals surface area contributed by atoms with Gasteiger partial charge in [0.25, 0.3) is 5.91 Å². The number of halogens is 2. The molecule has 1 atom stereocenters. The van der Waals surface area contributed by atoms with E-state index in [1.165, 1.54) is 0 Å². The lowest BCUT2D eigenvalue weighted by Crippen LogP contribution is -2.36. The number of methoxy groups -OCH3 is 1. The number of carbonyl (C=O) groups excluding carboxylic acids is 1. The summed E-state index contributed by atoms with van der Waals surface area (Å²) < 4.78 is 6.95. The first-order valence-electron chi connectivity index (χ1n) is 8.35. The van der Waals surface area contributed by atoms with E-state index < -0.39 is 5.91 Å². The van der Waals surface area contributed by atoms with Crippen molar-refractivity contribution in [3.8, 4) is 11.8 Å². The molecule has 0 aliphatic rings. The molecule has 0 fully saturated rings. The number of hydrogen-bond donors (Lipinski definition) is 1. The molecule has 0 unspecified atom stereocenters. The topological polar surface area (TPSA) is 67.0 Å². The average molecular weight is 406 g/mol. The first-order valence-corrected chi connectivity index (χ1v) is 9.10. The van der Waals surface area contributed by atoms with Crippen molar-refractivity contribution < 1.29 is 9.53 Å². The van der Waals surface area contributed by atoms with Crippen LogP contribution in [0.5, 0.6) is 0 Å². The van der Waals surface area contributed by atoms with E-state index in [9.17, 15) is 10.1 Å². The van der Waals surface area contributed by atoms with Crippen molar-refractivity contribution in [1.82, 2.24) is 9.88 Å². The minimum Gasteiger partial charge on any atom is -0.383 e. The predicted molar refractivity (Wildman–Crippen MR) is 108 cm³/mol. The molecular weight excluding hydrogens is 385 g/mol. The molecule has 1 aromatic carbocycles. The lowest BCUT2D eigenvalue weighted by atomic mass is 10.1. The minimum atomic E-state index is -0.437. The van der Waals surface area contributed by atoms with Gasteiger partial charge in [0.1, 0.15) is 11.6 Å². The summed E-state index contributed by atoms with van der Waals surface area (Å²) >= 11 is 12.5. The van der Waals surface area contributed by atoms with Crippen LogP contribution in [0.2, 0.25) is 10.0 Å². The lowest BCUT2D eigenvalue weighted by molar-refractivity contribution is -0.117. The molecule has 7 heteroatoms. The number of hydrogen-bond acceptors (Lipinski definition) is 3. The van der Waals surface area contributed by atoms with Crippen molar-refractivity contribution in [3.63, 3.8) is 0 Å². The Hall–Kier alpha value is -2.26. The fourth-order valence-electron chi connectivity index (χ4n) is 2.87. The Balaban J connectivity index is 2.43. The first-order chi connectivity index (χ1) is 12.8. The van der Waals surface area contributed by atoms with Gasteiger partial charge in [0.15, 0.2) is 0 Å². The molecule has 1 aromatic heterocycles. The Bertz CT molecular complexity index is 926. The van der Waals surface area contributed by atoms with Crippen molar-refractivity contribution in [2.24, 2.45) is 0 Å². The van der Waals surface area contributed by atoms with Crippen molar-refractivity contribution in [1.29, 1.82) is 5.26 Å². The first kappa shape index (κ1) is 21.0. The van der Waals surface area contributed by atoms with Gasteiger partial charge in [-0.15, -0.1) is 0 Å². The number of carbonyl (C=O) groups is 1. The summed E-state index contributed by atoms with van der Waals surface area (Å²) in [6, 6.07) is 9.08. The number of ether oxygens (including phenoxy) is 1. The third-order valence-corrected chi connectivity index (χ3v) is 4.91. The highest BCUT2D eigenvalue weighted by Crippen LogP contribution is 2.32. The second kappa shape index (κ2) is 9.09. The van der Waals surface area contributed by atoms with Crippen LogP contribution in [0.3, 0.4) is 0 Å². The van der Waals surface area contributed by atoms with E-state index in [1.54, 1.807) is 19.3 Å². The summed E-state index contributed by atoms with van der Waals surface area (Å²) in [5.41, 5.74) is 3.29. The number of amides is 1. The Labute approximate surface area is 169 Å². The molecule has 0 bridgehead atoms. The minimum absolute atomic E-state index is 0.0235. The van der Waals surface area contributed by atoms with Gasteiger partial charge < -0.3 is 14.6 Å². The number of nitrogens with zero attached hydrogens (tertiary/aromatic N) is 2. The van der Waals surface area contributed by atoms with Gasteiger partial charge in [0, 0.05) is 24.5 Å². The summed E-state index contributed by atoms with van der Waals surface area (Å²) in [5.74, 6) is -0.437. The Morgan fingerprint density at radius 1 is 1.41 bits per heavy atom. The zero-order valence-corrected chi connectivity index (χ0v) is 17.1. The smallest absolute Gasteiger partial charge is 0.262 e. The van der Waals surface area contributed by atoms with Gasteiger partial charge in [0.2, 0.25) is 0 Å². The molecule has 1 amide bonds. The number of nitrogens with one attached hydrogen (secondary N) is 1. The maximum atomic E-state index is 12.3. The van der Waals surface area contributed by atoms with Crippen LogP contribution in [0, 0.1) is 25.2 Å². The zero-order valence-electron chi connectivity index (χ0n) is 15.6. The predicted octanol–water partition coefficient (Wildman–Crippen LogP) is 4.46. The van der Waals surface area contributed by atoms with E-state index in [2.05, 4.69) is 5.32 Å².